The molecule has 0 saturated heterocycles. The van der Waals surface area contributed by atoms with Crippen molar-refractivity contribution in [2.24, 2.45) is 0 Å². The maximum absolute atomic E-state index is 6.46. The van der Waals surface area contributed by atoms with Gasteiger partial charge < -0.3 is 19.5 Å². The van der Waals surface area contributed by atoms with Crippen molar-refractivity contribution in [3.8, 4) is 17.2 Å². The van der Waals surface area contributed by atoms with Crippen molar-refractivity contribution in [3.05, 3.63) is 80.8 Å². The number of nitrogens with one attached hydrogen (secondary N) is 1. The van der Waals surface area contributed by atoms with Crippen molar-refractivity contribution in [3.63, 3.8) is 0 Å². The molecule has 4 nitrogen and oxygen atoms in total. The van der Waals surface area contributed by atoms with Gasteiger partial charge in [0.2, 0.25) is 0 Å². The van der Waals surface area contributed by atoms with Gasteiger partial charge in [0.05, 0.1) is 24.3 Å². The van der Waals surface area contributed by atoms with E-state index in [1.54, 1.807) is 20.3 Å². The Kier molecular flexibility index (Phi) is 7.37. The zero-order valence-electron chi connectivity index (χ0n) is 16.0. The molecule has 0 radical (unpaired) electrons. The molecule has 152 valence electrons. The monoisotopic (exact) mass is 451 g/mol. The smallest absolute Gasteiger partial charge is 0.180 e. The minimum absolute atomic E-state index is 0.289. The largest absolute Gasteiger partial charge is 0.495 e. The van der Waals surface area contributed by atoms with Crippen LogP contribution in [0, 0.1) is 0 Å². The van der Waals surface area contributed by atoms with E-state index in [-0.39, 0.29) is 6.61 Å². The molecule has 29 heavy (non-hydrogen) atoms. The third-order valence-electron chi connectivity index (χ3n) is 4.27. The Bertz CT molecular complexity index is 995. The van der Waals surface area contributed by atoms with E-state index in [0.717, 1.165) is 16.8 Å². The molecular formula is C22H20Cl3NO3. The van der Waals surface area contributed by atoms with Crippen LogP contribution >= 0.6 is 34.8 Å². The van der Waals surface area contributed by atoms with Crippen LogP contribution in [0.25, 0.3) is 0 Å². The van der Waals surface area contributed by atoms with Crippen LogP contribution in [0.15, 0.2) is 54.6 Å². The maximum atomic E-state index is 6.46. The Hall–Kier alpha value is -2.27. The summed E-state index contributed by atoms with van der Waals surface area (Å²) in [6, 6.07) is 16.7. The highest BCUT2D eigenvalue weighted by Crippen LogP contribution is 2.37. The quantitative estimate of drug-likeness (QED) is 0.405. The summed E-state index contributed by atoms with van der Waals surface area (Å²) in [4.78, 5) is 0. The molecule has 0 aromatic heterocycles. The van der Waals surface area contributed by atoms with E-state index >= 15 is 0 Å². The number of ether oxygens (including phenoxy) is 3. The molecule has 0 heterocycles. The van der Waals surface area contributed by atoms with E-state index in [1.165, 1.54) is 0 Å². The van der Waals surface area contributed by atoms with Gasteiger partial charge in [0, 0.05) is 22.8 Å². The standard InChI is InChI=1S/C22H20Cl3NO3/c1-27-20-8-7-16(11-18(20)24)26-12-14-9-19(25)22(21(10-14)28-2)29-13-15-5-3-4-6-17(15)23/h3-11,26H,12-13H2,1-2H3. The average Bonchev–Trinajstić information content (AvgIpc) is 2.72. The Balaban J connectivity index is 1.72. The second-order valence-corrected chi connectivity index (χ2v) is 7.41. The second-order valence-electron chi connectivity index (χ2n) is 6.19. The van der Waals surface area contributed by atoms with Gasteiger partial charge in [0.15, 0.2) is 11.5 Å². The van der Waals surface area contributed by atoms with E-state index in [1.807, 2.05) is 48.5 Å². The summed E-state index contributed by atoms with van der Waals surface area (Å²) in [5.41, 5.74) is 2.67. The summed E-state index contributed by atoms with van der Waals surface area (Å²) < 4.78 is 16.5. The highest BCUT2D eigenvalue weighted by atomic mass is 35.5. The molecular weight excluding hydrogens is 433 g/mol. The van der Waals surface area contributed by atoms with Crippen LogP contribution in [0.2, 0.25) is 15.1 Å². The Labute approximate surface area is 185 Å². The van der Waals surface area contributed by atoms with Gasteiger partial charge in [-0.2, -0.15) is 0 Å². The molecule has 0 fully saturated rings. The molecule has 3 rings (SSSR count). The summed E-state index contributed by atoms with van der Waals surface area (Å²) in [6.45, 7) is 0.821. The fourth-order valence-electron chi connectivity index (χ4n) is 2.76. The number of anilines is 1. The molecule has 0 atom stereocenters. The van der Waals surface area contributed by atoms with Crippen molar-refractivity contribution in [2.75, 3.05) is 19.5 Å². The normalized spacial score (nSPS) is 10.5. The van der Waals surface area contributed by atoms with Gasteiger partial charge in [0.25, 0.3) is 0 Å². The first-order chi connectivity index (χ1) is 14.0. The number of hydrogen-bond donors (Lipinski definition) is 1. The zero-order chi connectivity index (χ0) is 20.8. The molecule has 0 amide bonds. The maximum Gasteiger partial charge on any atom is 0.180 e. The lowest BCUT2D eigenvalue weighted by molar-refractivity contribution is 0.284. The summed E-state index contributed by atoms with van der Waals surface area (Å²) in [5, 5.41) is 4.94. The molecule has 0 aliphatic carbocycles. The van der Waals surface area contributed by atoms with Crippen LogP contribution < -0.4 is 19.5 Å². The van der Waals surface area contributed by atoms with E-state index in [0.29, 0.717) is 38.9 Å². The molecule has 0 aliphatic heterocycles. The molecule has 3 aromatic rings. The predicted octanol–water partition coefficient (Wildman–Crippen LogP) is 6.86. The first-order valence-corrected chi connectivity index (χ1v) is 9.95. The van der Waals surface area contributed by atoms with E-state index in [2.05, 4.69) is 5.32 Å². The Morgan fingerprint density at radius 3 is 2.24 bits per heavy atom. The zero-order valence-corrected chi connectivity index (χ0v) is 18.2. The summed E-state index contributed by atoms with van der Waals surface area (Å²) >= 11 is 18.8. The first kappa shape index (κ1) is 21.4. The summed E-state index contributed by atoms with van der Waals surface area (Å²) in [6.07, 6.45) is 0. The lowest BCUT2D eigenvalue weighted by Gasteiger charge is -2.15. The van der Waals surface area contributed by atoms with Gasteiger partial charge in [-0.05, 0) is 42.0 Å². The molecule has 0 saturated carbocycles. The van der Waals surface area contributed by atoms with Crippen LogP contribution in [0.4, 0.5) is 5.69 Å². The van der Waals surface area contributed by atoms with Crippen LogP contribution in [0.5, 0.6) is 17.2 Å². The number of methoxy groups -OCH3 is 2. The predicted molar refractivity (Wildman–Crippen MR) is 119 cm³/mol. The number of benzene rings is 3. The van der Waals surface area contributed by atoms with Crippen molar-refractivity contribution in [1.29, 1.82) is 0 Å². The van der Waals surface area contributed by atoms with E-state index < -0.39 is 0 Å². The van der Waals surface area contributed by atoms with Gasteiger partial charge in [0.1, 0.15) is 12.4 Å². The highest BCUT2D eigenvalue weighted by molar-refractivity contribution is 6.32. The van der Waals surface area contributed by atoms with Crippen LogP contribution in [0.3, 0.4) is 0 Å². The fraction of sp³-hybridized carbons (Fsp3) is 0.182. The Morgan fingerprint density at radius 2 is 1.55 bits per heavy atom. The third-order valence-corrected chi connectivity index (χ3v) is 5.21. The molecule has 0 aliphatic rings. The van der Waals surface area contributed by atoms with Gasteiger partial charge in [-0.1, -0.05) is 53.0 Å². The minimum Gasteiger partial charge on any atom is -0.495 e. The van der Waals surface area contributed by atoms with Crippen molar-refractivity contribution < 1.29 is 14.2 Å². The number of rotatable bonds is 8. The first-order valence-electron chi connectivity index (χ1n) is 8.82. The fourth-order valence-corrected chi connectivity index (χ4v) is 3.50. The van der Waals surface area contributed by atoms with Crippen molar-refractivity contribution in [2.45, 2.75) is 13.2 Å². The lowest BCUT2D eigenvalue weighted by atomic mass is 10.2. The minimum atomic E-state index is 0.289. The van der Waals surface area contributed by atoms with Crippen LogP contribution in [0.1, 0.15) is 11.1 Å². The van der Waals surface area contributed by atoms with Gasteiger partial charge in [-0.3, -0.25) is 0 Å². The molecule has 7 heteroatoms. The molecule has 1 N–H and O–H groups in total. The Morgan fingerprint density at radius 1 is 0.793 bits per heavy atom. The lowest BCUT2D eigenvalue weighted by Crippen LogP contribution is -2.03. The van der Waals surface area contributed by atoms with Crippen molar-refractivity contribution >= 4 is 40.5 Å². The molecule has 0 bridgehead atoms. The van der Waals surface area contributed by atoms with Gasteiger partial charge in [-0.25, -0.2) is 0 Å². The van der Waals surface area contributed by atoms with Crippen LogP contribution in [-0.4, -0.2) is 14.2 Å². The third kappa shape index (κ3) is 5.41. The topological polar surface area (TPSA) is 39.7 Å². The SMILES string of the molecule is COc1ccc(NCc2cc(Cl)c(OCc3ccccc3Cl)c(OC)c2)cc1Cl. The van der Waals surface area contributed by atoms with Gasteiger partial charge in [-0.15, -0.1) is 0 Å². The molecule has 3 aromatic carbocycles. The highest BCUT2D eigenvalue weighted by Gasteiger charge is 2.13. The second kappa shape index (κ2) is 9.97. The average molecular weight is 453 g/mol. The number of halogens is 3. The van der Waals surface area contributed by atoms with E-state index in [9.17, 15) is 0 Å². The molecule has 0 unspecified atom stereocenters. The van der Waals surface area contributed by atoms with E-state index in [4.69, 9.17) is 49.0 Å². The van der Waals surface area contributed by atoms with Crippen molar-refractivity contribution in [1.82, 2.24) is 0 Å². The summed E-state index contributed by atoms with van der Waals surface area (Å²) in [7, 11) is 3.16. The van der Waals surface area contributed by atoms with Crippen LogP contribution in [-0.2, 0) is 13.2 Å². The van der Waals surface area contributed by atoms with Gasteiger partial charge >= 0.3 is 0 Å². The molecule has 0 spiro atoms. The number of hydrogen-bond acceptors (Lipinski definition) is 4. The summed E-state index contributed by atoms with van der Waals surface area (Å²) in [5.74, 6) is 1.65.